The number of aromatic nitrogens is 1. The molecule has 0 aliphatic heterocycles. The molecular weight excluding hydrogens is 255 g/mol. The molecule has 0 aromatic carbocycles. The molecule has 1 aromatic rings. The third-order valence-electron chi connectivity index (χ3n) is 1.89. The van der Waals surface area contributed by atoms with Crippen molar-refractivity contribution in [2.75, 3.05) is 6.54 Å². The summed E-state index contributed by atoms with van der Waals surface area (Å²) in [5, 5.41) is 3.80. The van der Waals surface area contributed by atoms with E-state index in [1.165, 1.54) is 6.92 Å². The van der Waals surface area contributed by atoms with Crippen molar-refractivity contribution in [1.82, 2.24) is 10.3 Å². The van der Waals surface area contributed by atoms with Crippen molar-refractivity contribution in [1.29, 1.82) is 0 Å². The number of thiazole rings is 1. The van der Waals surface area contributed by atoms with E-state index < -0.39 is 17.9 Å². The number of carbonyl (C=O) groups is 1. The summed E-state index contributed by atoms with van der Waals surface area (Å²) in [6, 6.07) is -0.628. The van der Waals surface area contributed by atoms with Crippen molar-refractivity contribution in [2.24, 2.45) is 5.73 Å². The highest BCUT2D eigenvalue weighted by molar-refractivity contribution is 7.09. The molecule has 4 nitrogen and oxygen atoms in total. The fourth-order valence-corrected chi connectivity index (χ4v) is 1.81. The van der Waals surface area contributed by atoms with Crippen LogP contribution < -0.4 is 11.1 Å². The molecule has 0 saturated carbocycles. The molecule has 1 heterocycles. The second-order valence-electron chi connectivity index (χ2n) is 3.45. The Morgan fingerprint density at radius 3 is 2.76 bits per heavy atom. The number of hydrogen-bond acceptors (Lipinski definition) is 4. The predicted octanol–water partition coefficient (Wildman–Crippen LogP) is 1.17. The summed E-state index contributed by atoms with van der Waals surface area (Å²) in [5.74, 6) is -0.336. The quantitative estimate of drug-likeness (QED) is 0.860. The van der Waals surface area contributed by atoms with Crippen LogP contribution in [0, 0.1) is 0 Å². The molecule has 0 spiro atoms. The number of rotatable bonds is 4. The molecule has 0 bridgehead atoms. The lowest BCUT2D eigenvalue weighted by molar-refractivity contribution is -0.140. The largest absolute Gasteiger partial charge is 0.434 e. The molecule has 8 heteroatoms. The van der Waals surface area contributed by atoms with Gasteiger partial charge in [0.05, 0.1) is 11.0 Å². The first-order chi connectivity index (χ1) is 7.80. The molecule has 1 atom stereocenters. The number of carbonyl (C=O) groups excluding carboxylic acids is 1. The van der Waals surface area contributed by atoms with Crippen molar-refractivity contribution < 1.29 is 18.0 Å². The Bertz CT molecular complexity index is 389. The molecule has 0 saturated heterocycles. The highest BCUT2D eigenvalue weighted by Crippen LogP contribution is 2.29. The van der Waals surface area contributed by atoms with Crippen LogP contribution in [-0.4, -0.2) is 23.5 Å². The molecule has 1 rings (SSSR count). The average Bonchev–Trinajstić information content (AvgIpc) is 2.65. The van der Waals surface area contributed by atoms with Crippen molar-refractivity contribution in [3.63, 3.8) is 0 Å². The molecule has 17 heavy (non-hydrogen) atoms. The maximum atomic E-state index is 12.2. The molecule has 0 fully saturated rings. The third kappa shape index (κ3) is 4.31. The van der Waals surface area contributed by atoms with Gasteiger partial charge in [0.15, 0.2) is 5.69 Å². The van der Waals surface area contributed by atoms with E-state index in [1.54, 1.807) is 0 Å². The van der Waals surface area contributed by atoms with Gasteiger partial charge >= 0.3 is 6.18 Å². The summed E-state index contributed by atoms with van der Waals surface area (Å²) in [7, 11) is 0. The minimum atomic E-state index is -4.41. The van der Waals surface area contributed by atoms with Crippen LogP contribution in [0.1, 0.15) is 17.6 Å². The Hall–Kier alpha value is -1.15. The molecule has 1 aromatic heterocycles. The molecule has 0 radical (unpaired) electrons. The monoisotopic (exact) mass is 267 g/mol. The van der Waals surface area contributed by atoms with E-state index >= 15 is 0 Å². The van der Waals surface area contributed by atoms with Gasteiger partial charge in [-0.15, -0.1) is 11.3 Å². The lowest BCUT2D eigenvalue weighted by atomic mass is 10.3. The number of nitrogens with two attached hydrogens (primary N) is 1. The van der Waals surface area contributed by atoms with Gasteiger partial charge in [-0.2, -0.15) is 13.2 Å². The molecule has 1 amide bonds. The molecule has 0 aliphatic rings. The maximum Gasteiger partial charge on any atom is 0.434 e. The molecular formula is C9H12F3N3OS. The number of halogens is 3. The highest BCUT2D eigenvalue weighted by Gasteiger charge is 2.33. The first-order valence-corrected chi connectivity index (χ1v) is 5.73. The number of nitrogens with zero attached hydrogens (tertiary/aromatic N) is 1. The van der Waals surface area contributed by atoms with Gasteiger partial charge in [-0.05, 0) is 6.92 Å². The molecule has 3 N–H and O–H groups in total. The van der Waals surface area contributed by atoms with Gasteiger partial charge < -0.3 is 11.1 Å². The van der Waals surface area contributed by atoms with E-state index in [9.17, 15) is 18.0 Å². The summed E-state index contributed by atoms with van der Waals surface area (Å²) in [6.07, 6.45) is -4.15. The first-order valence-electron chi connectivity index (χ1n) is 4.85. The van der Waals surface area contributed by atoms with Gasteiger partial charge in [0.25, 0.3) is 0 Å². The van der Waals surface area contributed by atoms with E-state index in [0.717, 1.165) is 16.7 Å². The van der Waals surface area contributed by atoms with E-state index in [4.69, 9.17) is 5.73 Å². The normalized spacial score (nSPS) is 13.5. The Kier molecular flexibility index (Phi) is 4.47. The number of alkyl halides is 3. The number of nitrogens with one attached hydrogen (secondary N) is 1. The fraction of sp³-hybridized carbons (Fsp3) is 0.556. The average molecular weight is 267 g/mol. The van der Waals surface area contributed by atoms with Crippen LogP contribution in [0.5, 0.6) is 0 Å². The van der Waals surface area contributed by atoms with Crippen LogP contribution in [0.3, 0.4) is 0 Å². The smallest absolute Gasteiger partial charge is 0.354 e. The summed E-state index contributed by atoms with van der Waals surface area (Å²) in [5.41, 5.74) is 4.41. The van der Waals surface area contributed by atoms with E-state index in [0.29, 0.717) is 5.01 Å². The van der Waals surface area contributed by atoms with E-state index in [1.807, 2.05) is 0 Å². The van der Waals surface area contributed by atoms with Crippen molar-refractivity contribution in [2.45, 2.75) is 25.6 Å². The number of hydrogen-bond donors (Lipinski definition) is 2. The maximum absolute atomic E-state index is 12.2. The van der Waals surface area contributed by atoms with Gasteiger partial charge in [0.2, 0.25) is 5.91 Å². The molecule has 96 valence electrons. The standard InChI is InChI=1S/C9H12F3N3OS/c1-5(13)8(16)14-3-2-7-15-6(4-17-7)9(10,11)12/h4-5H,2-3,13H2,1H3,(H,14,16)/t5-/m1/s1. The predicted molar refractivity (Wildman–Crippen MR) is 57.5 cm³/mol. The van der Waals surface area contributed by atoms with Gasteiger partial charge in [-0.1, -0.05) is 0 Å². The van der Waals surface area contributed by atoms with Gasteiger partial charge in [-0.25, -0.2) is 4.98 Å². The van der Waals surface area contributed by atoms with E-state index in [-0.39, 0.29) is 18.9 Å². The van der Waals surface area contributed by atoms with Gasteiger partial charge in [0.1, 0.15) is 0 Å². The van der Waals surface area contributed by atoms with Crippen LogP contribution in [0.2, 0.25) is 0 Å². The second kappa shape index (κ2) is 5.46. The summed E-state index contributed by atoms with van der Waals surface area (Å²) < 4.78 is 36.6. The zero-order valence-corrected chi connectivity index (χ0v) is 9.86. The summed E-state index contributed by atoms with van der Waals surface area (Å²) in [6.45, 7) is 1.76. The first kappa shape index (κ1) is 13.9. The molecule has 0 aliphatic carbocycles. The molecule has 0 unspecified atom stereocenters. The zero-order valence-electron chi connectivity index (χ0n) is 9.04. The lowest BCUT2D eigenvalue weighted by Gasteiger charge is -2.06. The summed E-state index contributed by atoms with van der Waals surface area (Å²) >= 11 is 0.923. The Balaban J connectivity index is 2.43. The van der Waals surface area contributed by atoms with Crippen LogP contribution in [-0.2, 0) is 17.4 Å². The van der Waals surface area contributed by atoms with Crippen molar-refractivity contribution in [3.05, 3.63) is 16.1 Å². The summed E-state index contributed by atoms with van der Waals surface area (Å²) in [4.78, 5) is 14.5. The fourth-order valence-electron chi connectivity index (χ4n) is 1.01. The minimum Gasteiger partial charge on any atom is -0.354 e. The van der Waals surface area contributed by atoms with E-state index in [2.05, 4.69) is 10.3 Å². The number of amides is 1. The van der Waals surface area contributed by atoms with Crippen LogP contribution in [0.4, 0.5) is 13.2 Å². The Morgan fingerprint density at radius 1 is 1.65 bits per heavy atom. The second-order valence-corrected chi connectivity index (χ2v) is 4.40. The highest BCUT2D eigenvalue weighted by atomic mass is 32.1. The third-order valence-corrected chi connectivity index (χ3v) is 2.80. The minimum absolute atomic E-state index is 0.227. The zero-order chi connectivity index (χ0) is 13.1. The van der Waals surface area contributed by atoms with Crippen molar-refractivity contribution >= 4 is 17.2 Å². The van der Waals surface area contributed by atoms with Gasteiger partial charge in [-0.3, -0.25) is 4.79 Å². The topological polar surface area (TPSA) is 68.0 Å². The van der Waals surface area contributed by atoms with Crippen LogP contribution in [0.25, 0.3) is 0 Å². The van der Waals surface area contributed by atoms with Crippen molar-refractivity contribution in [3.8, 4) is 0 Å². The lowest BCUT2D eigenvalue weighted by Crippen LogP contribution is -2.39. The Labute approximate surface area is 100 Å². The van der Waals surface area contributed by atoms with Gasteiger partial charge in [0, 0.05) is 18.3 Å². The van der Waals surface area contributed by atoms with Crippen LogP contribution in [0.15, 0.2) is 5.38 Å². The SMILES string of the molecule is C[C@@H](N)C(=O)NCCc1nc(C(F)(F)F)cs1. The van der Waals surface area contributed by atoms with Crippen LogP contribution >= 0.6 is 11.3 Å². The Morgan fingerprint density at radius 2 is 2.29 bits per heavy atom.